The third-order valence-electron chi connectivity index (χ3n) is 1.79. The van der Waals surface area contributed by atoms with E-state index in [1.54, 1.807) is 18.3 Å². The van der Waals surface area contributed by atoms with E-state index in [1.165, 1.54) is 0 Å². The normalized spacial score (nSPS) is 11.3. The maximum atomic E-state index is 10.6. The second-order valence-electron chi connectivity index (χ2n) is 3.16. The number of nitrogens with two attached hydrogens (primary N) is 1. The zero-order valence-corrected chi connectivity index (χ0v) is 9.33. The summed E-state index contributed by atoms with van der Waals surface area (Å²) in [5.74, 6) is 0.610. The fourth-order valence-electron chi connectivity index (χ4n) is 1.06. The molecule has 0 bridgehead atoms. The monoisotopic (exact) mass is 230 g/mol. The van der Waals surface area contributed by atoms with E-state index in [1.807, 2.05) is 6.92 Å². The van der Waals surface area contributed by atoms with Gasteiger partial charge in [-0.1, -0.05) is 0 Å². The molecule has 15 heavy (non-hydrogen) atoms. The number of nitrogens with zero attached hydrogens (tertiary/aromatic N) is 1. The molecule has 0 atom stereocenters. The van der Waals surface area contributed by atoms with Crippen LogP contribution in [0.5, 0.6) is 5.75 Å². The van der Waals surface area contributed by atoms with Crippen molar-refractivity contribution in [1.29, 1.82) is 0 Å². The number of aromatic nitrogens is 1. The van der Waals surface area contributed by atoms with Crippen LogP contribution in [0.3, 0.4) is 0 Å². The van der Waals surface area contributed by atoms with E-state index < -0.39 is 10.0 Å². The molecule has 0 aromatic carbocycles. The first-order chi connectivity index (χ1) is 6.99. The minimum atomic E-state index is -3.38. The summed E-state index contributed by atoms with van der Waals surface area (Å²) in [5.41, 5.74) is 0.785. The van der Waals surface area contributed by atoms with Crippen molar-refractivity contribution in [3.05, 3.63) is 24.0 Å². The van der Waals surface area contributed by atoms with E-state index in [0.29, 0.717) is 18.8 Å². The average molecular weight is 230 g/mol. The Morgan fingerprint density at radius 1 is 1.53 bits per heavy atom. The van der Waals surface area contributed by atoms with Crippen LogP contribution in [0.1, 0.15) is 12.1 Å². The zero-order valence-electron chi connectivity index (χ0n) is 8.51. The fourth-order valence-corrected chi connectivity index (χ4v) is 1.58. The molecule has 0 aliphatic rings. The number of aryl methyl sites for hydroxylation is 1. The van der Waals surface area contributed by atoms with Crippen molar-refractivity contribution in [2.45, 2.75) is 13.3 Å². The van der Waals surface area contributed by atoms with Crippen molar-refractivity contribution in [3.63, 3.8) is 0 Å². The molecule has 0 aliphatic carbocycles. The number of hydrogen-bond acceptors (Lipinski definition) is 4. The van der Waals surface area contributed by atoms with Crippen LogP contribution in [-0.4, -0.2) is 25.8 Å². The lowest BCUT2D eigenvalue weighted by atomic mass is 10.3. The fraction of sp³-hybridized carbons (Fsp3) is 0.444. The Hall–Kier alpha value is -1.14. The van der Waals surface area contributed by atoms with Gasteiger partial charge in [-0.3, -0.25) is 4.98 Å². The van der Waals surface area contributed by atoms with E-state index in [2.05, 4.69) is 4.98 Å². The average Bonchev–Trinajstić information content (AvgIpc) is 2.13. The lowest BCUT2D eigenvalue weighted by Gasteiger charge is -2.06. The number of ether oxygens (including phenoxy) is 1. The van der Waals surface area contributed by atoms with Gasteiger partial charge in [-0.2, -0.15) is 0 Å². The van der Waals surface area contributed by atoms with Crippen LogP contribution in [0.4, 0.5) is 0 Å². The number of sulfonamides is 1. The first-order valence-electron chi connectivity index (χ1n) is 4.54. The van der Waals surface area contributed by atoms with Gasteiger partial charge in [0.15, 0.2) is 0 Å². The quantitative estimate of drug-likeness (QED) is 0.744. The Kier molecular flexibility index (Phi) is 4.05. The highest BCUT2D eigenvalue weighted by Crippen LogP contribution is 2.13. The molecule has 0 spiro atoms. The van der Waals surface area contributed by atoms with Crippen LogP contribution >= 0.6 is 0 Å². The zero-order chi connectivity index (χ0) is 11.3. The molecule has 0 saturated heterocycles. The summed E-state index contributed by atoms with van der Waals surface area (Å²) in [6.07, 6.45) is 2.06. The summed E-state index contributed by atoms with van der Waals surface area (Å²) in [6, 6.07) is 3.56. The Labute approximate surface area is 89.3 Å². The van der Waals surface area contributed by atoms with Crippen molar-refractivity contribution < 1.29 is 13.2 Å². The number of primary sulfonamides is 1. The van der Waals surface area contributed by atoms with Crippen molar-refractivity contribution >= 4 is 10.0 Å². The van der Waals surface area contributed by atoms with Crippen LogP contribution < -0.4 is 9.88 Å². The molecule has 0 amide bonds. The van der Waals surface area contributed by atoms with Gasteiger partial charge in [0.2, 0.25) is 10.0 Å². The number of hydrogen-bond donors (Lipinski definition) is 1. The molecule has 0 radical (unpaired) electrons. The minimum absolute atomic E-state index is 0.0632. The molecule has 0 unspecified atom stereocenters. The van der Waals surface area contributed by atoms with E-state index in [-0.39, 0.29) is 5.75 Å². The minimum Gasteiger partial charge on any atom is -0.492 e. The lowest BCUT2D eigenvalue weighted by Crippen LogP contribution is -2.18. The molecule has 0 fully saturated rings. The van der Waals surface area contributed by atoms with Gasteiger partial charge in [0.1, 0.15) is 5.75 Å². The summed E-state index contributed by atoms with van der Waals surface area (Å²) < 4.78 is 26.6. The van der Waals surface area contributed by atoms with Gasteiger partial charge in [-0.05, 0) is 25.5 Å². The number of pyridine rings is 1. The first-order valence-corrected chi connectivity index (χ1v) is 6.25. The van der Waals surface area contributed by atoms with Crippen LogP contribution in [-0.2, 0) is 10.0 Å². The van der Waals surface area contributed by atoms with Gasteiger partial charge >= 0.3 is 0 Å². The van der Waals surface area contributed by atoms with Crippen LogP contribution in [0.15, 0.2) is 18.3 Å². The van der Waals surface area contributed by atoms with E-state index in [0.717, 1.165) is 5.69 Å². The molecule has 1 aromatic rings. The predicted octanol–water partition coefficient (Wildman–Crippen LogP) is 0.447. The highest BCUT2D eigenvalue weighted by atomic mass is 32.2. The third kappa shape index (κ3) is 4.75. The van der Waals surface area contributed by atoms with Gasteiger partial charge in [-0.15, -0.1) is 0 Å². The molecule has 0 saturated carbocycles. The molecule has 1 rings (SSSR count). The highest BCUT2D eigenvalue weighted by Gasteiger charge is 2.03. The van der Waals surface area contributed by atoms with Crippen molar-refractivity contribution in [1.82, 2.24) is 4.98 Å². The second-order valence-corrected chi connectivity index (χ2v) is 4.89. The topological polar surface area (TPSA) is 82.3 Å². The lowest BCUT2D eigenvalue weighted by molar-refractivity contribution is 0.314. The molecular weight excluding hydrogens is 216 g/mol. The summed E-state index contributed by atoms with van der Waals surface area (Å²) in [7, 11) is -3.38. The van der Waals surface area contributed by atoms with Gasteiger partial charge in [0, 0.05) is 6.20 Å². The molecule has 1 aromatic heterocycles. The van der Waals surface area contributed by atoms with Gasteiger partial charge < -0.3 is 4.74 Å². The summed E-state index contributed by atoms with van der Waals surface area (Å²) in [6.45, 7) is 2.15. The molecular formula is C9H14N2O3S. The first kappa shape index (κ1) is 11.9. The van der Waals surface area contributed by atoms with E-state index in [4.69, 9.17) is 9.88 Å². The molecule has 2 N–H and O–H groups in total. The molecule has 84 valence electrons. The van der Waals surface area contributed by atoms with Gasteiger partial charge in [0.05, 0.1) is 18.1 Å². The Balaban J connectivity index is 2.36. The summed E-state index contributed by atoms with van der Waals surface area (Å²) in [5, 5.41) is 4.85. The number of rotatable bonds is 5. The Morgan fingerprint density at radius 3 is 2.87 bits per heavy atom. The smallest absolute Gasteiger partial charge is 0.209 e. The molecule has 5 nitrogen and oxygen atoms in total. The Bertz CT molecular complexity index is 417. The van der Waals surface area contributed by atoms with Crippen LogP contribution in [0.2, 0.25) is 0 Å². The third-order valence-corrected chi connectivity index (χ3v) is 2.65. The van der Waals surface area contributed by atoms with E-state index >= 15 is 0 Å². The van der Waals surface area contributed by atoms with Crippen molar-refractivity contribution in [2.75, 3.05) is 12.4 Å². The summed E-state index contributed by atoms with van der Waals surface area (Å²) >= 11 is 0. The standard InChI is InChI=1S/C9H14N2O3S/c1-8-9(4-2-5-11-8)14-6-3-7-15(10,12)13/h2,4-5H,3,6-7H2,1H3,(H2,10,12,13). The highest BCUT2D eigenvalue weighted by molar-refractivity contribution is 7.89. The largest absolute Gasteiger partial charge is 0.492 e. The van der Waals surface area contributed by atoms with E-state index in [9.17, 15) is 8.42 Å². The maximum Gasteiger partial charge on any atom is 0.209 e. The van der Waals surface area contributed by atoms with Gasteiger partial charge in [0.25, 0.3) is 0 Å². The molecule has 6 heteroatoms. The SMILES string of the molecule is Cc1ncccc1OCCCS(N)(=O)=O. The molecule has 0 aliphatic heterocycles. The van der Waals surface area contributed by atoms with Crippen molar-refractivity contribution in [2.24, 2.45) is 5.14 Å². The maximum absolute atomic E-state index is 10.6. The second kappa shape index (κ2) is 5.09. The molecule has 1 heterocycles. The van der Waals surface area contributed by atoms with Crippen LogP contribution in [0, 0.1) is 6.92 Å². The van der Waals surface area contributed by atoms with Gasteiger partial charge in [-0.25, -0.2) is 13.6 Å². The summed E-state index contributed by atoms with van der Waals surface area (Å²) in [4.78, 5) is 4.04. The van der Waals surface area contributed by atoms with Crippen LogP contribution in [0.25, 0.3) is 0 Å². The Morgan fingerprint density at radius 2 is 2.27 bits per heavy atom. The predicted molar refractivity (Wildman–Crippen MR) is 57.1 cm³/mol. The van der Waals surface area contributed by atoms with Crippen molar-refractivity contribution in [3.8, 4) is 5.75 Å².